The highest BCUT2D eigenvalue weighted by Crippen LogP contribution is 2.35. The molecule has 0 atom stereocenters. The number of halogens is 6. The summed E-state index contributed by atoms with van der Waals surface area (Å²) in [4.78, 5) is 20.5. The molecule has 0 radical (unpaired) electrons. The first-order valence-corrected chi connectivity index (χ1v) is 9.55. The minimum atomic E-state index is -4.78. The summed E-state index contributed by atoms with van der Waals surface area (Å²) >= 11 is 5.53. The molecule has 0 bridgehead atoms. The largest absolute Gasteiger partial charge is 0.451 e. The maximum atomic E-state index is 14.5. The lowest BCUT2D eigenvalue weighted by atomic mass is 10.1. The summed E-state index contributed by atoms with van der Waals surface area (Å²) < 4.78 is 73.3. The molecule has 5 nitrogen and oxygen atoms in total. The molecule has 33 heavy (non-hydrogen) atoms. The van der Waals surface area contributed by atoms with Gasteiger partial charge in [0.15, 0.2) is 17.4 Å². The number of amides is 1. The van der Waals surface area contributed by atoms with Crippen molar-refractivity contribution in [2.45, 2.75) is 6.18 Å². The van der Waals surface area contributed by atoms with Crippen LogP contribution in [-0.2, 0) is 6.18 Å². The molecule has 0 unspecified atom stereocenters. The summed E-state index contributed by atoms with van der Waals surface area (Å²) in [7, 11) is 0. The van der Waals surface area contributed by atoms with E-state index in [-0.39, 0.29) is 11.4 Å². The van der Waals surface area contributed by atoms with Crippen LogP contribution in [0.3, 0.4) is 0 Å². The first-order chi connectivity index (χ1) is 15.6. The molecule has 1 aromatic heterocycles. The average molecular weight is 480 g/mol. The number of hydrogen-bond donors (Lipinski definition) is 1. The number of nitrogens with one attached hydrogen (secondary N) is 1. The minimum absolute atomic E-state index is 0.0958. The van der Waals surface area contributed by atoms with Gasteiger partial charge in [-0.2, -0.15) is 13.2 Å². The minimum Gasteiger partial charge on any atom is -0.451 e. The number of carbonyl (C=O) groups is 1. The number of anilines is 1. The van der Waals surface area contributed by atoms with E-state index >= 15 is 0 Å². The SMILES string of the molecule is O=C(Nc1cc(F)c(Oc2ccc3nccnc3c2)c(F)c1)c1ccc(Cl)c(C(F)(F)F)c1. The molecule has 4 rings (SSSR count). The molecule has 0 spiro atoms. The van der Waals surface area contributed by atoms with E-state index in [1.807, 2.05) is 0 Å². The standard InChI is InChI=1S/C22H11ClF5N3O2/c23-15-3-1-11(7-14(15)22(26,27)28)21(32)31-12-8-16(24)20(17(25)9-12)33-13-2-4-18-19(10-13)30-6-5-29-18/h1-10H,(H,31,32). The summed E-state index contributed by atoms with van der Waals surface area (Å²) in [6.07, 6.45) is -1.84. The van der Waals surface area contributed by atoms with E-state index in [0.717, 1.165) is 24.3 Å². The number of nitrogens with zero attached hydrogens (tertiary/aromatic N) is 2. The van der Waals surface area contributed by atoms with Gasteiger partial charge >= 0.3 is 6.18 Å². The Morgan fingerprint density at radius 3 is 2.24 bits per heavy atom. The van der Waals surface area contributed by atoms with E-state index in [2.05, 4.69) is 15.3 Å². The van der Waals surface area contributed by atoms with Crippen LogP contribution in [0.15, 0.2) is 60.9 Å². The van der Waals surface area contributed by atoms with Crippen LogP contribution >= 0.6 is 11.6 Å². The summed E-state index contributed by atoms with van der Waals surface area (Å²) in [6.45, 7) is 0. The van der Waals surface area contributed by atoms with Crippen molar-refractivity contribution in [2.24, 2.45) is 0 Å². The molecule has 0 fully saturated rings. The Balaban J connectivity index is 1.56. The fourth-order valence-corrected chi connectivity index (χ4v) is 3.17. The van der Waals surface area contributed by atoms with Crippen molar-refractivity contribution in [1.82, 2.24) is 9.97 Å². The van der Waals surface area contributed by atoms with Gasteiger partial charge < -0.3 is 10.1 Å². The van der Waals surface area contributed by atoms with Crippen molar-refractivity contribution in [3.05, 3.63) is 88.7 Å². The second-order valence-corrected chi connectivity index (χ2v) is 7.13. The van der Waals surface area contributed by atoms with E-state index in [9.17, 15) is 26.7 Å². The number of aromatic nitrogens is 2. The van der Waals surface area contributed by atoms with Crippen molar-refractivity contribution < 1.29 is 31.5 Å². The zero-order valence-corrected chi connectivity index (χ0v) is 17.0. The Kier molecular flexibility index (Phi) is 5.86. The van der Waals surface area contributed by atoms with Crippen LogP contribution < -0.4 is 10.1 Å². The molecule has 1 amide bonds. The smallest absolute Gasteiger partial charge is 0.417 e. The van der Waals surface area contributed by atoms with E-state index in [1.165, 1.54) is 24.5 Å². The van der Waals surface area contributed by atoms with Crippen LogP contribution in [0.5, 0.6) is 11.5 Å². The average Bonchev–Trinajstić information content (AvgIpc) is 2.75. The van der Waals surface area contributed by atoms with E-state index in [1.54, 1.807) is 6.07 Å². The van der Waals surface area contributed by atoms with Crippen LogP contribution in [-0.4, -0.2) is 15.9 Å². The van der Waals surface area contributed by atoms with Crippen LogP contribution in [0.25, 0.3) is 11.0 Å². The van der Waals surface area contributed by atoms with Gasteiger partial charge in [0.25, 0.3) is 5.91 Å². The van der Waals surface area contributed by atoms with E-state index in [4.69, 9.17) is 16.3 Å². The summed E-state index contributed by atoms with van der Waals surface area (Å²) in [5, 5.41) is 1.56. The van der Waals surface area contributed by atoms with Crippen LogP contribution in [0.2, 0.25) is 5.02 Å². The molecule has 0 saturated carbocycles. The first-order valence-electron chi connectivity index (χ1n) is 9.17. The molecular weight excluding hydrogens is 469 g/mol. The van der Waals surface area contributed by atoms with Crippen LogP contribution in [0, 0.1) is 11.6 Å². The molecule has 0 aliphatic carbocycles. The Labute approximate surface area is 187 Å². The summed E-state index contributed by atoms with van der Waals surface area (Å²) in [5.41, 5.74) is -0.931. The monoisotopic (exact) mass is 479 g/mol. The van der Waals surface area contributed by atoms with Gasteiger partial charge in [-0.25, -0.2) is 8.78 Å². The predicted molar refractivity (Wildman–Crippen MR) is 110 cm³/mol. The molecule has 168 valence electrons. The number of fused-ring (bicyclic) bond motifs is 1. The van der Waals surface area contributed by atoms with Gasteiger partial charge in [-0.1, -0.05) is 11.6 Å². The van der Waals surface area contributed by atoms with Crippen LogP contribution in [0.4, 0.5) is 27.6 Å². The first kappa shape index (κ1) is 22.4. The second kappa shape index (κ2) is 8.62. The molecule has 0 saturated heterocycles. The second-order valence-electron chi connectivity index (χ2n) is 6.72. The van der Waals surface area contributed by atoms with Gasteiger partial charge in [-0.3, -0.25) is 14.8 Å². The number of ether oxygens (including phenoxy) is 1. The molecule has 1 heterocycles. The van der Waals surface area contributed by atoms with E-state index in [0.29, 0.717) is 17.1 Å². The van der Waals surface area contributed by atoms with Gasteiger partial charge in [0.05, 0.1) is 21.6 Å². The highest BCUT2D eigenvalue weighted by atomic mass is 35.5. The Bertz CT molecular complexity index is 1350. The molecule has 3 aromatic carbocycles. The Hall–Kier alpha value is -3.79. The Morgan fingerprint density at radius 2 is 1.58 bits per heavy atom. The van der Waals surface area contributed by atoms with Gasteiger partial charge in [-0.15, -0.1) is 0 Å². The maximum absolute atomic E-state index is 14.5. The highest BCUT2D eigenvalue weighted by molar-refractivity contribution is 6.31. The van der Waals surface area contributed by atoms with Crippen molar-refractivity contribution in [3.63, 3.8) is 0 Å². The lowest BCUT2D eigenvalue weighted by Crippen LogP contribution is -2.14. The third-order valence-electron chi connectivity index (χ3n) is 4.45. The molecule has 0 aliphatic rings. The Morgan fingerprint density at radius 1 is 0.909 bits per heavy atom. The van der Waals surface area contributed by atoms with Gasteiger partial charge in [0.2, 0.25) is 0 Å². The highest BCUT2D eigenvalue weighted by Gasteiger charge is 2.33. The number of carbonyl (C=O) groups excluding carboxylic acids is 1. The van der Waals surface area contributed by atoms with Crippen LogP contribution in [0.1, 0.15) is 15.9 Å². The van der Waals surface area contributed by atoms with Crippen molar-refractivity contribution in [1.29, 1.82) is 0 Å². The van der Waals surface area contributed by atoms with Crippen molar-refractivity contribution in [3.8, 4) is 11.5 Å². The quantitative estimate of drug-likeness (QED) is 0.334. The summed E-state index contributed by atoms with van der Waals surface area (Å²) in [6, 6.07) is 8.51. The number of rotatable bonds is 4. The predicted octanol–water partition coefficient (Wildman–Crippen LogP) is 6.62. The fraction of sp³-hybridized carbons (Fsp3) is 0.0455. The molecule has 11 heteroatoms. The molecular formula is C22H11ClF5N3O2. The zero-order valence-electron chi connectivity index (χ0n) is 16.3. The van der Waals surface area contributed by atoms with Gasteiger partial charge in [-0.05, 0) is 30.3 Å². The van der Waals surface area contributed by atoms with Crippen molar-refractivity contribution >= 4 is 34.2 Å². The maximum Gasteiger partial charge on any atom is 0.417 e. The zero-order chi connectivity index (χ0) is 23.8. The van der Waals surface area contributed by atoms with Gasteiger partial charge in [0.1, 0.15) is 5.75 Å². The molecule has 1 N–H and O–H groups in total. The normalized spacial score (nSPS) is 11.5. The number of hydrogen-bond acceptors (Lipinski definition) is 4. The lowest BCUT2D eigenvalue weighted by molar-refractivity contribution is -0.137. The third kappa shape index (κ3) is 4.85. The molecule has 4 aromatic rings. The molecule has 0 aliphatic heterocycles. The van der Waals surface area contributed by atoms with Crippen molar-refractivity contribution in [2.75, 3.05) is 5.32 Å². The fourth-order valence-electron chi connectivity index (χ4n) is 2.94. The third-order valence-corrected chi connectivity index (χ3v) is 4.78. The lowest BCUT2D eigenvalue weighted by Gasteiger charge is -2.13. The summed E-state index contributed by atoms with van der Waals surface area (Å²) in [5.74, 6) is -3.94. The van der Waals surface area contributed by atoms with E-state index < -0.39 is 45.6 Å². The topological polar surface area (TPSA) is 64.1 Å². The number of benzene rings is 3. The van der Waals surface area contributed by atoms with Gasteiger partial charge in [0, 0.05) is 41.8 Å². The number of alkyl halides is 3.